The van der Waals surface area contributed by atoms with Crippen molar-refractivity contribution in [1.82, 2.24) is 20.1 Å². The summed E-state index contributed by atoms with van der Waals surface area (Å²) in [5, 5.41) is 14.7. The largest absolute Gasteiger partial charge is 0.496 e. The molecule has 2 heterocycles. The number of hydrogen-bond acceptors (Lipinski definition) is 6. The van der Waals surface area contributed by atoms with Crippen LogP contribution in [0, 0.1) is 0 Å². The molecule has 8 heteroatoms. The molecule has 33 heavy (non-hydrogen) atoms. The van der Waals surface area contributed by atoms with Crippen LogP contribution in [0.1, 0.15) is 21.8 Å². The van der Waals surface area contributed by atoms with Gasteiger partial charge in [-0.3, -0.25) is 4.79 Å². The van der Waals surface area contributed by atoms with Crippen LogP contribution in [0.2, 0.25) is 0 Å². The number of ether oxygens (including phenoxy) is 1. The molecule has 0 atom stereocenters. The SMILES string of the molecule is COc1ccccc1CNC(=O)CSc1nnc(Cc2cccs2)n1CCc1ccccc1. The maximum absolute atomic E-state index is 12.5. The summed E-state index contributed by atoms with van der Waals surface area (Å²) in [5.41, 5.74) is 2.21. The molecular weight excluding hydrogens is 452 g/mol. The van der Waals surface area contributed by atoms with Crippen LogP contribution >= 0.6 is 23.1 Å². The molecule has 4 rings (SSSR count). The molecule has 0 spiro atoms. The standard InChI is InChI=1S/C25H26N4O2S2/c1-31-22-12-6-5-10-20(22)17-26-24(30)18-33-25-28-27-23(16-21-11-7-15-32-21)29(25)14-13-19-8-3-2-4-9-19/h2-12,15H,13-14,16-18H2,1H3,(H,26,30). The monoisotopic (exact) mass is 478 g/mol. The van der Waals surface area contributed by atoms with Gasteiger partial charge in [-0.25, -0.2) is 0 Å². The minimum absolute atomic E-state index is 0.0525. The molecule has 4 aromatic rings. The van der Waals surface area contributed by atoms with E-state index in [1.807, 2.05) is 36.4 Å². The van der Waals surface area contributed by atoms with Gasteiger partial charge in [-0.05, 0) is 29.5 Å². The summed E-state index contributed by atoms with van der Waals surface area (Å²) >= 11 is 3.13. The van der Waals surface area contributed by atoms with Crippen LogP contribution in [0.3, 0.4) is 0 Å². The summed E-state index contributed by atoms with van der Waals surface area (Å²) in [6.45, 7) is 1.19. The van der Waals surface area contributed by atoms with E-state index in [9.17, 15) is 4.79 Å². The van der Waals surface area contributed by atoms with Gasteiger partial charge < -0.3 is 14.6 Å². The second-order valence-electron chi connectivity index (χ2n) is 7.42. The summed E-state index contributed by atoms with van der Waals surface area (Å²) in [7, 11) is 1.63. The Morgan fingerprint density at radius 3 is 2.67 bits per heavy atom. The third kappa shape index (κ3) is 6.46. The number of thiophene rings is 1. The third-order valence-electron chi connectivity index (χ3n) is 5.17. The number of nitrogens with one attached hydrogen (secondary N) is 1. The first kappa shape index (κ1) is 23.1. The smallest absolute Gasteiger partial charge is 0.230 e. The van der Waals surface area contributed by atoms with E-state index in [0.717, 1.165) is 41.7 Å². The van der Waals surface area contributed by atoms with Gasteiger partial charge in [0, 0.05) is 30.0 Å². The molecule has 1 amide bonds. The fourth-order valence-corrected chi connectivity index (χ4v) is 4.97. The Morgan fingerprint density at radius 1 is 1.06 bits per heavy atom. The zero-order valence-corrected chi connectivity index (χ0v) is 20.1. The number of amides is 1. The Balaban J connectivity index is 1.40. The summed E-state index contributed by atoms with van der Waals surface area (Å²) in [4.78, 5) is 13.8. The second kappa shape index (κ2) is 11.7. The zero-order valence-electron chi connectivity index (χ0n) is 18.4. The summed E-state index contributed by atoms with van der Waals surface area (Å²) < 4.78 is 7.50. The number of benzene rings is 2. The van der Waals surface area contributed by atoms with E-state index in [4.69, 9.17) is 4.74 Å². The highest BCUT2D eigenvalue weighted by molar-refractivity contribution is 7.99. The van der Waals surface area contributed by atoms with E-state index in [0.29, 0.717) is 6.54 Å². The van der Waals surface area contributed by atoms with Gasteiger partial charge >= 0.3 is 0 Å². The van der Waals surface area contributed by atoms with Gasteiger partial charge in [0.15, 0.2) is 5.16 Å². The molecule has 2 aromatic carbocycles. The Hall–Kier alpha value is -3.10. The lowest BCUT2D eigenvalue weighted by atomic mass is 10.1. The number of aromatic nitrogens is 3. The zero-order chi connectivity index (χ0) is 22.9. The van der Waals surface area contributed by atoms with Crippen molar-refractivity contribution in [2.24, 2.45) is 0 Å². The van der Waals surface area contributed by atoms with Gasteiger partial charge in [-0.2, -0.15) is 0 Å². The number of aryl methyl sites for hydroxylation is 1. The van der Waals surface area contributed by atoms with Crippen LogP contribution in [0.5, 0.6) is 5.75 Å². The molecule has 0 aliphatic carbocycles. The quantitative estimate of drug-likeness (QED) is 0.319. The molecule has 0 saturated carbocycles. The molecule has 0 aliphatic heterocycles. The minimum atomic E-state index is -0.0525. The van der Waals surface area contributed by atoms with E-state index in [2.05, 4.69) is 55.8 Å². The topological polar surface area (TPSA) is 69.0 Å². The van der Waals surface area contributed by atoms with Crippen molar-refractivity contribution in [3.8, 4) is 5.75 Å². The number of nitrogens with zero attached hydrogens (tertiary/aromatic N) is 3. The van der Waals surface area contributed by atoms with Crippen LogP contribution in [0.15, 0.2) is 77.3 Å². The van der Waals surface area contributed by atoms with Crippen LogP contribution in [0.4, 0.5) is 0 Å². The summed E-state index contributed by atoms with van der Waals surface area (Å²) in [6.07, 6.45) is 1.61. The maximum Gasteiger partial charge on any atom is 0.230 e. The molecule has 1 N–H and O–H groups in total. The fourth-order valence-electron chi connectivity index (χ4n) is 3.46. The number of para-hydroxylation sites is 1. The molecule has 0 aliphatic rings. The van der Waals surface area contributed by atoms with Crippen molar-refractivity contribution in [2.45, 2.75) is 31.1 Å². The third-order valence-corrected chi connectivity index (χ3v) is 7.02. The molecule has 0 radical (unpaired) electrons. The van der Waals surface area contributed by atoms with E-state index in [1.165, 1.54) is 22.2 Å². The number of carbonyl (C=O) groups excluding carboxylic acids is 1. The molecule has 6 nitrogen and oxygen atoms in total. The molecular formula is C25H26N4O2S2. The van der Waals surface area contributed by atoms with Gasteiger partial charge in [0.1, 0.15) is 11.6 Å². The first-order valence-electron chi connectivity index (χ1n) is 10.7. The number of methoxy groups -OCH3 is 1. The second-order valence-corrected chi connectivity index (χ2v) is 9.39. The molecule has 0 unspecified atom stereocenters. The fraction of sp³-hybridized carbons (Fsp3) is 0.240. The Labute approximate surface area is 202 Å². The number of hydrogen-bond donors (Lipinski definition) is 1. The molecule has 0 saturated heterocycles. The van der Waals surface area contributed by atoms with Crippen molar-refractivity contribution >= 4 is 29.0 Å². The predicted octanol–water partition coefficient (Wildman–Crippen LogP) is 4.59. The summed E-state index contributed by atoms with van der Waals surface area (Å²) in [5.74, 6) is 1.91. The number of rotatable bonds is 11. The first-order valence-corrected chi connectivity index (χ1v) is 12.6. The minimum Gasteiger partial charge on any atom is -0.496 e. The Morgan fingerprint density at radius 2 is 1.88 bits per heavy atom. The normalized spacial score (nSPS) is 10.8. The average molecular weight is 479 g/mol. The molecule has 2 aromatic heterocycles. The molecule has 170 valence electrons. The van der Waals surface area contributed by atoms with Gasteiger partial charge in [0.05, 0.1) is 12.9 Å². The summed E-state index contributed by atoms with van der Waals surface area (Å²) in [6, 6.07) is 22.2. The van der Waals surface area contributed by atoms with Crippen molar-refractivity contribution in [1.29, 1.82) is 0 Å². The molecule has 0 fully saturated rings. The van der Waals surface area contributed by atoms with Gasteiger partial charge in [0.2, 0.25) is 5.91 Å². The predicted molar refractivity (Wildman–Crippen MR) is 133 cm³/mol. The van der Waals surface area contributed by atoms with Gasteiger partial charge in [0.25, 0.3) is 0 Å². The lowest BCUT2D eigenvalue weighted by molar-refractivity contribution is -0.118. The van der Waals surface area contributed by atoms with E-state index in [-0.39, 0.29) is 11.7 Å². The van der Waals surface area contributed by atoms with E-state index < -0.39 is 0 Å². The van der Waals surface area contributed by atoms with E-state index >= 15 is 0 Å². The van der Waals surface area contributed by atoms with Crippen LogP contribution in [0.25, 0.3) is 0 Å². The van der Waals surface area contributed by atoms with Gasteiger partial charge in [-0.15, -0.1) is 21.5 Å². The average Bonchev–Trinajstić information content (AvgIpc) is 3.51. The van der Waals surface area contributed by atoms with Crippen molar-refractivity contribution in [3.05, 3.63) is 93.9 Å². The highest BCUT2D eigenvalue weighted by Crippen LogP contribution is 2.22. The lowest BCUT2D eigenvalue weighted by Gasteiger charge is -2.11. The Kier molecular flexibility index (Phi) is 8.16. The highest BCUT2D eigenvalue weighted by Gasteiger charge is 2.15. The Bertz CT molecular complexity index is 1160. The molecule has 0 bridgehead atoms. The van der Waals surface area contributed by atoms with Crippen LogP contribution in [-0.2, 0) is 30.7 Å². The van der Waals surface area contributed by atoms with Crippen molar-refractivity contribution in [2.75, 3.05) is 12.9 Å². The van der Waals surface area contributed by atoms with Crippen molar-refractivity contribution in [3.63, 3.8) is 0 Å². The number of carbonyl (C=O) groups is 1. The van der Waals surface area contributed by atoms with Crippen LogP contribution < -0.4 is 10.1 Å². The maximum atomic E-state index is 12.5. The van der Waals surface area contributed by atoms with Gasteiger partial charge in [-0.1, -0.05) is 66.4 Å². The highest BCUT2D eigenvalue weighted by atomic mass is 32.2. The number of thioether (sulfide) groups is 1. The lowest BCUT2D eigenvalue weighted by Crippen LogP contribution is -2.25. The first-order chi connectivity index (χ1) is 16.2. The van der Waals surface area contributed by atoms with Crippen molar-refractivity contribution < 1.29 is 9.53 Å². The van der Waals surface area contributed by atoms with Crippen LogP contribution in [-0.4, -0.2) is 33.5 Å². The van der Waals surface area contributed by atoms with E-state index in [1.54, 1.807) is 18.4 Å².